The molecule has 0 unspecified atom stereocenters. The first-order valence-electron chi connectivity index (χ1n) is 9.25. The molecule has 6 heteroatoms. The zero-order valence-corrected chi connectivity index (χ0v) is 16.0. The number of nitrogens with one attached hydrogen (secondary N) is 1. The standard InChI is InChI=1S/C22H25N3O3/c1-3-13-25(22(26)23-15-17-9-5-4-6-10-17)16-18-14-20(24-28-18)19-11-7-8-12-21(19)27-2/h3-12,18H,1,13-16H2,2H3,(H,23,26)/t18-/m1/s1. The number of rotatable bonds is 8. The third kappa shape index (κ3) is 4.91. The van der Waals surface area contributed by atoms with Crippen LogP contribution in [0.3, 0.4) is 0 Å². The van der Waals surface area contributed by atoms with Crippen molar-refractivity contribution in [3.63, 3.8) is 0 Å². The highest BCUT2D eigenvalue weighted by Crippen LogP contribution is 2.24. The number of urea groups is 1. The van der Waals surface area contributed by atoms with Crippen LogP contribution in [0.25, 0.3) is 0 Å². The number of benzene rings is 2. The first kappa shape index (κ1) is 19.5. The average Bonchev–Trinajstić information content (AvgIpc) is 3.21. The van der Waals surface area contributed by atoms with Crippen LogP contribution in [0.4, 0.5) is 4.79 Å². The highest BCUT2D eigenvalue weighted by Gasteiger charge is 2.27. The highest BCUT2D eigenvalue weighted by molar-refractivity contribution is 6.03. The highest BCUT2D eigenvalue weighted by atomic mass is 16.6. The van der Waals surface area contributed by atoms with Gasteiger partial charge < -0.3 is 19.8 Å². The third-order valence-corrected chi connectivity index (χ3v) is 4.50. The number of oxime groups is 1. The van der Waals surface area contributed by atoms with E-state index in [9.17, 15) is 4.79 Å². The number of carbonyl (C=O) groups is 1. The van der Waals surface area contributed by atoms with Gasteiger partial charge in [-0.1, -0.05) is 53.7 Å². The average molecular weight is 379 g/mol. The van der Waals surface area contributed by atoms with Gasteiger partial charge in [0.15, 0.2) is 6.10 Å². The second-order valence-electron chi connectivity index (χ2n) is 6.51. The van der Waals surface area contributed by atoms with Crippen LogP contribution >= 0.6 is 0 Å². The molecule has 1 aliphatic rings. The zero-order chi connectivity index (χ0) is 19.8. The molecular formula is C22H25N3O3. The van der Waals surface area contributed by atoms with Crippen LogP contribution in [0.5, 0.6) is 5.75 Å². The number of amides is 2. The zero-order valence-electron chi connectivity index (χ0n) is 16.0. The molecule has 146 valence electrons. The van der Waals surface area contributed by atoms with Gasteiger partial charge in [-0.2, -0.15) is 0 Å². The van der Waals surface area contributed by atoms with Gasteiger partial charge in [0.25, 0.3) is 0 Å². The molecular weight excluding hydrogens is 354 g/mol. The second-order valence-corrected chi connectivity index (χ2v) is 6.51. The van der Waals surface area contributed by atoms with Gasteiger partial charge in [-0.25, -0.2) is 4.79 Å². The van der Waals surface area contributed by atoms with Crippen molar-refractivity contribution in [1.29, 1.82) is 0 Å². The fourth-order valence-corrected chi connectivity index (χ4v) is 3.10. The van der Waals surface area contributed by atoms with Gasteiger partial charge in [-0.15, -0.1) is 6.58 Å². The van der Waals surface area contributed by atoms with Crippen LogP contribution in [0.1, 0.15) is 17.5 Å². The summed E-state index contributed by atoms with van der Waals surface area (Å²) in [7, 11) is 1.63. The smallest absolute Gasteiger partial charge is 0.318 e. The minimum Gasteiger partial charge on any atom is -0.496 e. The minimum atomic E-state index is -0.206. The van der Waals surface area contributed by atoms with Crippen LogP contribution < -0.4 is 10.1 Å². The van der Waals surface area contributed by atoms with E-state index in [2.05, 4.69) is 17.1 Å². The van der Waals surface area contributed by atoms with E-state index in [0.29, 0.717) is 26.1 Å². The van der Waals surface area contributed by atoms with E-state index in [1.807, 2.05) is 54.6 Å². The molecule has 0 saturated carbocycles. The molecule has 1 heterocycles. The summed E-state index contributed by atoms with van der Waals surface area (Å²) in [4.78, 5) is 19.9. The molecule has 0 aromatic heterocycles. The summed E-state index contributed by atoms with van der Waals surface area (Å²) in [6.07, 6.45) is 2.11. The van der Waals surface area contributed by atoms with Crippen LogP contribution in [-0.2, 0) is 11.4 Å². The van der Waals surface area contributed by atoms with E-state index in [1.54, 1.807) is 18.1 Å². The van der Waals surface area contributed by atoms with Crippen molar-refractivity contribution in [3.05, 3.63) is 78.4 Å². The maximum atomic E-state index is 12.6. The SMILES string of the molecule is C=CCN(C[C@H]1CC(c2ccccc2OC)=NO1)C(=O)NCc1ccccc1. The van der Waals surface area contributed by atoms with Gasteiger partial charge in [0.2, 0.25) is 0 Å². The van der Waals surface area contributed by atoms with Crippen LogP contribution in [0.15, 0.2) is 72.4 Å². The van der Waals surface area contributed by atoms with Crippen molar-refractivity contribution in [2.75, 3.05) is 20.2 Å². The fraction of sp³-hybridized carbons (Fsp3) is 0.273. The van der Waals surface area contributed by atoms with Crippen molar-refractivity contribution in [1.82, 2.24) is 10.2 Å². The Balaban J connectivity index is 1.57. The van der Waals surface area contributed by atoms with Gasteiger partial charge in [-0.05, 0) is 17.7 Å². The molecule has 28 heavy (non-hydrogen) atoms. The molecule has 2 aromatic carbocycles. The molecule has 0 bridgehead atoms. The Labute approximate surface area is 165 Å². The van der Waals surface area contributed by atoms with E-state index in [1.165, 1.54) is 0 Å². The molecule has 3 rings (SSSR count). The summed E-state index contributed by atoms with van der Waals surface area (Å²) in [6, 6.07) is 17.4. The monoisotopic (exact) mass is 379 g/mol. The molecule has 1 aliphatic heterocycles. The molecule has 2 amide bonds. The molecule has 6 nitrogen and oxygen atoms in total. The molecule has 0 saturated heterocycles. The van der Waals surface area contributed by atoms with Gasteiger partial charge in [0, 0.05) is 25.1 Å². The van der Waals surface area contributed by atoms with E-state index < -0.39 is 0 Å². The maximum Gasteiger partial charge on any atom is 0.318 e. The number of hydrogen-bond acceptors (Lipinski definition) is 4. The van der Waals surface area contributed by atoms with Gasteiger partial charge in [0.1, 0.15) is 5.75 Å². The molecule has 0 fully saturated rings. The quantitative estimate of drug-likeness (QED) is 0.713. The number of carbonyl (C=O) groups excluding carboxylic acids is 1. The molecule has 1 N–H and O–H groups in total. The van der Waals surface area contributed by atoms with Crippen molar-refractivity contribution in [2.45, 2.75) is 19.1 Å². The fourth-order valence-electron chi connectivity index (χ4n) is 3.10. The summed E-state index contributed by atoms with van der Waals surface area (Å²) >= 11 is 0. The van der Waals surface area contributed by atoms with Crippen molar-refractivity contribution in [3.8, 4) is 5.75 Å². The Bertz CT molecular complexity index is 836. The summed E-state index contributed by atoms with van der Waals surface area (Å²) < 4.78 is 5.40. The van der Waals surface area contributed by atoms with E-state index in [0.717, 1.165) is 22.6 Å². The number of hydrogen-bond donors (Lipinski definition) is 1. The number of para-hydroxylation sites is 1. The molecule has 0 aliphatic carbocycles. The summed E-state index contributed by atoms with van der Waals surface area (Å²) in [6.45, 7) is 5.09. The van der Waals surface area contributed by atoms with Crippen LogP contribution in [0.2, 0.25) is 0 Å². The second kappa shape index (κ2) is 9.60. The molecule has 1 atom stereocenters. The Hall–Kier alpha value is -3.28. The van der Waals surface area contributed by atoms with Crippen molar-refractivity contribution >= 4 is 11.7 Å². The largest absolute Gasteiger partial charge is 0.496 e. The lowest BCUT2D eigenvalue weighted by Crippen LogP contribution is -2.43. The van der Waals surface area contributed by atoms with Crippen LogP contribution in [-0.4, -0.2) is 42.9 Å². The van der Waals surface area contributed by atoms with Gasteiger partial charge >= 0.3 is 6.03 Å². The normalized spacial score (nSPS) is 15.3. The number of ether oxygens (including phenoxy) is 1. The Morgan fingerprint density at radius 3 is 2.79 bits per heavy atom. The Morgan fingerprint density at radius 1 is 1.29 bits per heavy atom. The van der Waals surface area contributed by atoms with E-state index >= 15 is 0 Å². The minimum absolute atomic E-state index is 0.155. The Morgan fingerprint density at radius 2 is 2.04 bits per heavy atom. The predicted octanol–water partition coefficient (Wildman–Crippen LogP) is 3.59. The van der Waals surface area contributed by atoms with E-state index in [-0.39, 0.29) is 12.1 Å². The molecule has 2 aromatic rings. The van der Waals surface area contributed by atoms with Gasteiger partial charge in [0.05, 0.1) is 19.4 Å². The third-order valence-electron chi connectivity index (χ3n) is 4.50. The lowest BCUT2D eigenvalue weighted by atomic mass is 10.0. The summed E-state index contributed by atoms with van der Waals surface area (Å²) in [5.41, 5.74) is 2.79. The first-order valence-corrected chi connectivity index (χ1v) is 9.25. The molecule has 0 radical (unpaired) electrons. The summed E-state index contributed by atoms with van der Waals surface area (Å²) in [5, 5.41) is 7.16. The number of methoxy groups -OCH3 is 1. The van der Waals surface area contributed by atoms with Gasteiger partial charge in [-0.3, -0.25) is 0 Å². The van der Waals surface area contributed by atoms with Crippen molar-refractivity contribution < 1.29 is 14.4 Å². The lowest BCUT2D eigenvalue weighted by Gasteiger charge is -2.24. The first-order chi connectivity index (χ1) is 13.7. The Kier molecular flexibility index (Phi) is 6.68. The lowest BCUT2D eigenvalue weighted by molar-refractivity contribution is 0.0628. The molecule has 0 spiro atoms. The van der Waals surface area contributed by atoms with Crippen molar-refractivity contribution in [2.24, 2.45) is 5.16 Å². The van der Waals surface area contributed by atoms with Crippen LogP contribution in [0, 0.1) is 0 Å². The summed E-state index contributed by atoms with van der Waals surface area (Å²) in [5.74, 6) is 0.758. The predicted molar refractivity (Wildman–Crippen MR) is 109 cm³/mol. The maximum absolute atomic E-state index is 12.6. The topological polar surface area (TPSA) is 63.2 Å². The van der Waals surface area contributed by atoms with E-state index in [4.69, 9.17) is 9.57 Å². The number of nitrogens with zero attached hydrogens (tertiary/aromatic N) is 2.